The van der Waals surface area contributed by atoms with Crippen LogP contribution >= 0.6 is 15.6 Å². The maximum absolute atomic E-state index is 13.1. The zero-order valence-corrected chi connectivity index (χ0v) is 64.5. The first-order valence-electron chi connectivity index (χ1n) is 38.0. The van der Waals surface area contributed by atoms with Gasteiger partial charge in [-0.25, -0.2) is 9.13 Å². The Hall–Kier alpha value is -5.84. The molecule has 102 heavy (non-hydrogen) atoms. The van der Waals surface area contributed by atoms with Crippen molar-refractivity contribution >= 4 is 39.5 Å². The van der Waals surface area contributed by atoms with E-state index < -0.39 is 97.5 Å². The minimum absolute atomic E-state index is 0.0252. The normalized spacial score (nSPS) is 14.9. The van der Waals surface area contributed by atoms with Crippen LogP contribution in [-0.4, -0.2) is 96.7 Å². The fraction of sp³-hybridized carbons (Fsp3) is 0.590. The van der Waals surface area contributed by atoms with Crippen molar-refractivity contribution < 1.29 is 80.2 Å². The molecule has 0 radical (unpaired) electrons. The molecule has 5 atom stereocenters. The van der Waals surface area contributed by atoms with Crippen LogP contribution in [0.25, 0.3) is 0 Å². The number of allylic oxidation sites excluding steroid dienone is 29. The lowest BCUT2D eigenvalue weighted by atomic mass is 10.1. The highest BCUT2D eigenvalue weighted by atomic mass is 31.2. The molecule has 0 aliphatic heterocycles. The molecule has 0 aromatic heterocycles. The maximum atomic E-state index is 13.1. The second-order valence-electron chi connectivity index (χ2n) is 24.5. The topological polar surface area (TPSA) is 237 Å². The molecule has 0 heterocycles. The lowest BCUT2D eigenvalue weighted by Gasteiger charge is -2.21. The van der Waals surface area contributed by atoms with Crippen molar-refractivity contribution in [1.29, 1.82) is 0 Å². The van der Waals surface area contributed by atoms with Crippen molar-refractivity contribution in [2.45, 2.75) is 277 Å². The van der Waals surface area contributed by atoms with Crippen molar-refractivity contribution in [3.63, 3.8) is 0 Å². The van der Waals surface area contributed by atoms with E-state index in [1.54, 1.807) is 6.08 Å². The van der Waals surface area contributed by atoms with E-state index in [1.807, 2.05) is 36.5 Å². The summed E-state index contributed by atoms with van der Waals surface area (Å²) in [5.74, 6) is -2.46. The number of hydrogen-bond acceptors (Lipinski definition) is 15. The molecule has 17 nitrogen and oxygen atoms in total. The lowest BCUT2D eigenvalue weighted by molar-refractivity contribution is -0.161. The highest BCUT2D eigenvalue weighted by Crippen LogP contribution is 2.45. The fourth-order valence-corrected chi connectivity index (χ4v) is 10.8. The van der Waals surface area contributed by atoms with Crippen LogP contribution in [0, 0.1) is 0 Å². The molecule has 0 aliphatic carbocycles. The molecule has 0 aromatic carbocycles. The molecular weight excluding hydrogens is 1330 g/mol. The van der Waals surface area contributed by atoms with Crippen LogP contribution in [0.3, 0.4) is 0 Å². The second kappa shape index (κ2) is 73.5. The first-order valence-corrected chi connectivity index (χ1v) is 41.0. The number of phosphoric acid groups is 2. The molecule has 0 fully saturated rings. The average molecular weight is 1460 g/mol. The van der Waals surface area contributed by atoms with Crippen molar-refractivity contribution in [2.24, 2.45) is 0 Å². The summed E-state index contributed by atoms with van der Waals surface area (Å²) in [7, 11) is -10.0. The van der Waals surface area contributed by atoms with Gasteiger partial charge in [-0.15, -0.1) is 0 Å². The van der Waals surface area contributed by atoms with Crippen molar-refractivity contribution in [3.8, 4) is 0 Å². The molecule has 19 heteroatoms. The summed E-state index contributed by atoms with van der Waals surface area (Å²) in [4.78, 5) is 72.8. The summed E-state index contributed by atoms with van der Waals surface area (Å²) in [5, 5.41) is 10.6. The third kappa shape index (κ3) is 72.5. The largest absolute Gasteiger partial charge is 0.472 e. The number of ether oxygens (including phenoxy) is 4. The number of esters is 4. The molecule has 0 saturated heterocycles. The Labute approximate surface area is 615 Å². The van der Waals surface area contributed by atoms with Gasteiger partial charge in [0.05, 0.1) is 32.8 Å². The van der Waals surface area contributed by atoms with Gasteiger partial charge in [0, 0.05) is 19.3 Å². The zero-order chi connectivity index (χ0) is 74.6. The van der Waals surface area contributed by atoms with Crippen LogP contribution < -0.4 is 0 Å². The Morgan fingerprint density at radius 2 is 0.569 bits per heavy atom. The Balaban J connectivity index is 5.49. The van der Waals surface area contributed by atoms with E-state index in [4.69, 9.17) is 37.0 Å². The van der Waals surface area contributed by atoms with Crippen molar-refractivity contribution in [2.75, 3.05) is 39.6 Å². The number of aliphatic hydroxyl groups excluding tert-OH is 1. The van der Waals surface area contributed by atoms with Crippen LogP contribution in [0.1, 0.15) is 259 Å². The molecule has 0 spiro atoms. The first kappa shape index (κ1) is 96.2. The summed E-state index contributed by atoms with van der Waals surface area (Å²) >= 11 is 0. The smallest absolute Gasteiger partial charge is 0.462 e. The maximum Gasteiger partial charge on any atom is 0.472 e. The lowest BCUT2D eigenvalue weighted by Crippen LogP contribution is -2.30. The Morgan fingerprint density at radius 1 is 0.294 bits per heavy atom. The molecular formula is C83H132O17P2. The Kier molecular flexibility index (Phi) is 69.3. The number of unbranched alkanes of at least 4 members (excludes halogenated alkanes) is 14. The standard InChI is InChI=1S/C83H132O17P2/c1-5-9-13-17-21-25-29-32-35-37-38-40-42-45-49-52-56-60-64-68-81(86)94-74-79(100-83(88)70-66-62-58-54-50-46-43-39-36-33-30-26-22-18-14-10-6-2)76-98-102(91,92)96-72-77(84)71-95-101(89,90)97-75-78(99-82(87)69-65-61-57-53-47-28-24-20-16-12-8-4)73-93-80(85)67-63-59-55-51-48-44-41-34-31-27-23-19-15-11-7-3/h9-11,13-15,20-27,32-36,38,40-41,45,48-49,51,56,59-60,63,77-79,84H,5-8,12,16-19,28-31,37,39,42-44,46-47,50,52-55,57-58,61-62,64-76H2,1-4H3,(H,89,90)(H,91,92)/b13-9-,14-10-,15-11-,24-20-,25-21-,26-22-,27-23-,35-32-,36-33-,40-38-,41-34-,49-45-,51-48-,60-56-,63-59-. The number of aliphatic hydroxyl groups is 1. The molecule has 0 saturated carbocycles. The average Bonchev–Trinajstić information content (AvgIpc) is 0.921. The van der Waals surface area contributed by atoms with Gasteiger partial charge in [0.25, 0.3) is 0 Å². The van der Waals surface area contributed by atoms with Crippen molar-refractivity contribution in [3.05, 3.63) is 182 Å². The molecule has 0 aliphatic rings. The molecule has 0 aromatic rings. The summed E-state index contributed by atoms with van der Waals surface area (Å²) in [5.41, 5.74) is 0. The molecule has 0 amide bonds. The van der Waals surface area contributed by atoms with Gasteiger partial charge in [0.2, 0.25) is 0 Å². The van der Waals surface area contributed by atoms with Gasteiger partial charge in [0.1, 0.15) is 19.3 Å². The summed E-state index contributed by atoms with van der Waals surface area (Å²) < 4.78 is 68.2. The van der Waals surface area contributed by atoms with Gasteiger partial charge in [0.15, 0.2) is 12.2 Å². The van der Waals surface area contributed by atoms with Gasteiger partial charge < -0.3 is 33.8 Å². The van der Waals surface area contributed by atoms with E-state index in [0.29, 0.717) is 32.1 Å². The van der Waals surface area contributed by atoms with E-state index in [-0.39, 0.29) is 25.7 Å². The highest BCUT2D eigenvalue weighted by molar-refractivity contribution is 7.47. The second-order valence-corrected chi connectivity index (χ2v) is 27.4. The monoisotopic (exact) mass is 1460 g/mol. The fourth-order valence-electron chi connectivity index (χ4n) is 9.20. The molecule has 3 N–H and O–H groups in total. The van der Waals surface area contributed by atoms with Gasteiger partial charge in [-0.1, -0.05) is 274 Å². The number of phosphoric ester groups is 2. The Morgan fingerprint density at radius 3 is 0.922 bits per heavy atom. The van der Waals surface area contributed by atoms with Gasteiger partial charge in [-0.2, -0.15) is 0 Å². The molecule has 576 valence electrons. The number of carbonyl (C=O) groups excluding carboxylic acids is 4. The number of carbonyl (C=O) groups is 4. The minimum atomic E-state index is -5.01. The van der Waals surface area contributed by atoms with Gasteiger partial charge in [-0.05, 0) is 141 Å². The van der Waals surface area contributed by atoms with Crippen LogP contribution in [0.5, 0.6) is 0 Å². The van der Waals surface area contributed by atoms with E-state index in [2.05, 4.69) is 167 Å². The van der Waals surface area contributed by atoms with Crippen molar-refractivity contribution in [1.82, 2.24) is 0 Å². The van der Waals surface area contributed by atoms with E-state index >= 15 is 0 Å². The van der Waals surface area contributed by atoms with Gasteiger partial charge >= 0.3 is 39.5 Å². The SMILES string of the molecule is CC/C=C\C/C=C\C/C=C\C/C=C\C/C=C\C/C=C\CCC(=O)OCC(COP(=O)(O)OCC(O)COP(=O)(O)OCC(COC(=O)C/C=C\C/C=C\C/C=C\C/C=C\C/C=C\CC)OC(=O)CCCCCCC/C=C\CCCC)OC(=O)CCCCCCCCC/C=C\C/C=C\C/C=C\CC. The number of hydrogen-bond donors (Lipinski definition) is 3. The molecule has 0 bridgehead atoms. The minimum Gasteiger partial charge on any atom is -0.462 e. The van der Waals surface area contributed by atoms with Crippen LogP contribution in [0.2, 0.25) is 0 Å². The number of rotatable bonds is 69. The quantitative estimate of drug-likeness (QED) is 0.0169. The van der Waals surface area contributed by atoms with Crippen LogP contribution in [-0.2, 0) is 65.4 Å². The third-order valence-electron chi connectivity index (χ3n) is 14.9. The Bertz CT molecular complexity index is 2650. The third-order valence-corrected chi connectivity index (χ3v) is 16.8. The van der Waals surface area contributed by atoms with Crippen LogP contribution in [0.4, 0.5) is 0 Å². The van der Waals surface area contributed by atoms with Gasteiger partial charge in [-0.3, -0.25) is 37.3 Å². The van der Waals surface area contributed by atoms with E-state index in [0.717, 1.165) is 167 Å². The highest BCUT2D eigenvalue weighted by Gasteiger charge is 2.30. The first-order chi connectivity index (χ1) is 49.7. The molecule has 5 unspecified atom stereocenters. The van der Waals surface area contributed by atoms with E-state index in [1.165, 1.54) is 6.42 Å². The predicted octanol–water partition coefficient (Wildman–Crippen LogP) is 22.0. The molecule has 0 rings (SSSR count). The zero-order valence-electron chi connectivity index (χ0n) is 62.7. The summed E-state index contributed by atoms with van der Waals surface area (Å²) in [6, 6.07) is 0. The summed E-state index contributed by atoms with van der Waals surface area (Å²) in [6.45, 7) is 4.23. The van der Waals surface area contributed by atoms with Crippen LogP contribution in [0.15, 0.2) is 182 Å². The predicted molar refractivity (Wildman–Crippen MR) is 417 cm³/mol. The van der Waals surface area contributed by atoms with E-state index in [9.17, 15) is 43.2 Å². The summed E-state index contributed by atoms with van der Waals surface area (Å²) in [6.07, 6.45) is 87.9.